The summed E-state index contributed by atoms with van der Waals surface area (Å²) in [6.07, 6.45) is 0.168. The van der Waals surface area contributed by atoms with E-state index in [1.165, 1.54) is 0 Å². The van der Waals surface area contributed by atoms with Crippen molar-refractivity contribution >= 4 is 22.6 Å². The Morgan fingerprint density at radius 3 is 2.65 bits per heavy atom. The second-order valence-electron chi connectivity index (χ2n) is 5.80. The van der Waals surface area contributed by atoms with E-state index in [2.05, 4.69) is 15.1 Å². The van der Waals surface area contributed by atoms with Crippen LogP contribution in [0, 0.1) is 0 Å². The van der Waals surface area contributed by atoms with Crippen molar-refractivity contribution in [2.24, 2.45) is 0 Å². The fraction of sp³-hybridized carbons (Fsp3) is 0.471. The minimum atomic E-state index is -0.437. The Morgan fingerprint density at radius 1 is 1.26 bits per heavy atom. The molecule has 2 aromatic rings. The van der Waals surface area contributed by atoms with Crippen LogP contribution >= 0.6 is 0 Å². The first-order valence-electron chi connectivity index (χ1n) is 7.93. The number of carbonyl (C=O) groups excluding carboxylic acids is 1. The maximum absolute atomic E-state index is 12.3. The molecule has 0 unspecified atom stereocenters. The van der Waals surface area contributed by atoms with Crippen LogP contribution in [0.2, 0.25) is 0 Å². The summed E-state index contributed by atoms with van der Waals surface area (Å²) in [6, 6.07) is 7.71. The van der Waals surface area contributed by atoms with Gasteiger partial charge in [-0.15, -0.1) is 10.2 Å². The average molecular weight is 315 g/mol. The second kappa shape index (κ2) is 6.50. The van der Waals surface area contributed by atoms with Crippen LogP contribution in [0.3, 0.4) is 0 Å². The molecule has 0 bridgehead atoms. The highest BCUT2D eigenvalue weighted by Gasteiger charge is 2.29. The molecule has 0 aliphatic carbocycles. The molecule has 2 heterocycles. The van der Waals surface area contributed by atoms with Crippen LogP contribution in [-0.4, -0.2) is 48.1 Å². The number of morpholine rings is 1. The lowest BCUT2D eigenvalue weighted by Gasteiger charge is -2.37. The van der Waals surface area contributed by atoms with Crippen LogP contribution in [-0.2, 0) is 9.47 Å². The number of nitrogens with zero attached hydrogens (tertiary/aromatic N) is 3. The average Bonchev–Trinajstić information content (AvgIpc) is 2.53. The normalized spacial score (nSPS) is 21.4. The summed E-state index contributed by atoms with van der Waals surface area (Å²) in [6.45, 7) is 7.56. The molecule has 2 atom stereocenters. The SMILES string of the molecule is CCOC(=O)c1nnc2ccccc2c1N1C[C@@H](C)O[C@@H](C)C1. The van der Waals surface area contributed by atoms with Crippen molar-refractivity contribution < 1.29 is 14.3 Å². The van der Waals surface area contributed by atoms with Gasteiger partial charge in [0.1, 0.15) is 0 Å². The minimum absolute atomic E-state index is 0.0840. The maximum Gasteiger partial charge on any atom is 0.361 e. The third kappa shape index (κ3) is 3.12. The summed E-state index contributed by atoms with van der Waals surface area (Å²) in [4.78, 5) is 14.5. The number of carbonyl (C=O) groups is 1. The smallest absolute Gasteiger partial charge is 0.361 e. The van der Waals surface area contributed by atoms with E-state index >= 15 is 0 Å². The van der Waals surface area contributed by atoms with E-state index in [4.69, 9.17) is 9.47 Å². The van der Waals surface area contributed by atoms with Crippen molar-refractivity contribution in [3.8, 4) is 0 Å². The fourth-order valence-corrected chi connectivity index (χ4v) is 3.06. The lowest BCUT2D eigenvalue weighted by Crippen LogP contribution is -2.46. The van der Waals surface area contributed by atoms with Gasteiger partial charge in [-0.3, -0.25) is 0 Å². The molecule has 1 aliphatic rings. The highest BCUT2D eigenvalue weighted by Crippen LogP contribution is 2.31. The predicted octanol–water partition coefficient (Wildman–Crippen LogP) is 2.42. The van der Waals surface area contributed by atoms with Crippen LogP contribution in [0.25, 0.3) is 10.9 Å². The molecule has 122 valence electrons. The number of esters is 1. The highest BCUT2D eigenvalue weighted by atomic mass is 16.5. The summed E-state index contributed by atoms with van der Waals surface area (Å²) < 4.78 is 11.0. The first-order valence-corrected chi connectivity index (χ1v) is 7.93. The lowest BCUT2D eigenvalue weighted by molar-refractivity contribution is -0.00530. The monoisotopic (exact) mass is 315 g/mol. The predicted molar refractivity (Wildman–Crippen MR) is 87.7 cm³/mol. The zero-order chi connectivity index (χ0) is 16.4. The van der Waals surface area contributed by atoms with Gasteiger partial charge in [0.15, 0.2) is 5.69 Å². The summed E-state index contributed by atoms with van der Waals surface area (Å²) in [5.74, 6) is -0.437. The van der Waals surface area contributed by atoms with Crippen molar-refractivity contribution in [1.82, 2.24) is 10.2 Å². The molecule has 1 fully saturated rings. The Balaban J connectivity index is 2.14. The molecular weight excluding hydrogens is 294 g/mol. The minimum Gasteiger partial charge on any atom is -0.461 e. The highest BCUT2D eigenvalue weighted by molar-refractivity contribution is 6.03. The molecule has 0 amide bonds. The third-order valence-electron chi connectivity index (χ3n) is 3.85. The number of aromatic nitrogens is 2. The van der Waals surface area contributed by atoms with Crippen molar-refractivity contribution in [3.63, 3.8) is 0 Å². The number of anilines is 1. The largest absolute Gasteiger partial charge is 0.461 e. The number of rotatable bonds is 3. The Bertz CT molecular complexity index is 709. The van der Waals surface area contributed by atoms with E-state index in [9.17, 15) is 4.79 Å². The van der Waals surface area contributed by atoms with Crippen LogP contribution in [0.5, 0.6) is 0 Å². The van der Waals surface area contributed by atoms with Crippen molar-refractivity contribution in [2.45, 2.75) is 33.0 Å². The molecule has 1 aliphatic heterocycles. The van der Waals surface area contributed by atoms with E-state index in [0.717, 1.165) is 16.6 Å². The number of fused-ring (bicyclic) bond motifs is 1. The number of benzene rings is 1. The molecule has 1 saturated heterocycles. The Labute approximate surface area is 135 Å². The number of hydrogen-bond donors (Lipinski definition) is 0. The molecule has 0 N–H and O–H groups in total. The molecular formula is C17H21N3O3. The summed E-state index contributed by atoms with van der Waals surface area (Å²) in [7, 11) is 0. The van der Waals surface area contributed by atoms with E-state index in [-0.39, 0.29) is 17.9 Å². The number of hydrogen-bond acceptors (Lipinski definition) is 6. The molecule has 6 nitrogen and oxygen atoms in total. The van der Waals surface area contributed by atoms with Crippen LogP contribution in [0.15, 0.2) is 24.3 Å². The quantitative estimate of drug-likeness (QED) is 0.811. The van der Waals surface area contributed by atoms with Crippen LogP contribution in [0.4, 0.5) is 5.69 Å². The molecule has 6 heteroatoms. The van der Waals surface area contributed by atoms with E-state index in [1.54, 1.807) is 6.92 Å². The van der Waals surface area contributed by atoms with Gasteiger partial charge in [0.2, 0.25) is 0 Å². The topological polar surface area (TPSA) is 64.5 Å². The second-order valence-corrected chi connectivity index (χ2v) is 5.80. The third-order valence-corrected chi connectivity index (χ3v) is 3.85. The molecule has 0 saturated carbocycles. The van der Waals surface area contributed by atoms with Gasteiger partial charge in [0.25, 0.3) is 0 Å². The standard InChI is InChI=1S/C17H21N3O3/c1-4-22-17(21)15-16(20-9-11(2)23-12(3)10-20)13-7-5-6-8-14(13)18-19-15/h5-8,11-12H,4,9-10H2,1-3H3/t11-,12+. The molecule has 1 aromatic carbocycles. The molecule has 1 aromatic heterocycles. The van der Waals surface area contributed by atoms with Crippen molar-refractivity contribution in [3.05, 3.63) is 30.0 Å². The first-order chi connectivity index (χ1) is 11.1. The number of ether oxygens (including phenoxy) is 2. The summed E-state index contributed by atoms with van der Waals surface area (Å²) in [5, 5.41) is 9.22. The van der Waals surface area contributed by atoms with Gasteiger partial charge in [-0.2, -0.15) is 0 Å². The fourth-order valence-electron chi connectivity index (χ4n) is 3.06. The lowest BCUT2D eigenvalue weighted by atomic mass is 10.1. The van der Waals surface area contributed by atoms with Crippen molar-refractivity contribution in [1.29, 1.82) is 0 Å². The van der Waals surface area contributed by atoms with E-state index < -0.39 is 5.97 Å². The summed E-state index contributed by atoms with van der Waals surface area (Å²) in [5.41, 5.74) is 1.82. The zero-order valence-corrected chi connectivity index (χ0v) is 13.7. The maximum atomic E-state index is 12.3. The molecule has 0 radical (unpaired) electrons. The van der Waals surface area contributed by atoms with Crippen LogP contribution < -0.4 is 4.90 Å². The van der Waals surface area contributed by atoms with Gasteiger partial charge >= 0.3 is 5.97 Å². The first kappa shape index (κ1) is 15.7. The van der Waals surface area contributed by atoms with Gasteiger partial charge < -0.3 is 14.4 Å². The molecule has 3 rings (SSSR count). The van der Waals surface area contributed by atoms with Crippen LogP contribution in [0.1, 0.15) is 31.3 Å². The van der Waals surface area contributed by atoms with Gasteiger partial charge in [0.05, 0.1) is 30.0 Å². The van der Waals surface area contributed by atoms with Gasteiger partial charge in [0, 0.05) is 18.5 Å². The Morgan fingerprint density at radius 2 is 1.96 bits per heavy atom. The Kier molecular flexibility index (Phi) is 4.43. The zero-order valence-electron chi connectivity index (χ0n) is 13.7. The van der Waals surface area contributed by atoms with E-state index in [0.29, 0.717) is 19.7 Å². The molecule has 0 spiro atoms. The molecule has 23 heavy (non-hydrogen) atoms. The van der Waals surface area contributed by atoms with Gasteiger partial charge in [-0.1, -0.05) is 18.2 Å². The van der Waals surface area contributed by atoms with E-state index in [1.807, 2.05) is 38.1 Å². The van der Waals surface area contributed by atoms with Gasteiger partial charge in [-0.25, -0.2) is 4.79 Å². The summed E-state index contributed by atoms with van der Waals surface area (Å²) >= 11 is 0. The Hall–Kier alpha value is -2.21. The van der Waals surface area contributed by atoms with Crippen molar-refractivity contribution in [2.75, 3.05) is 24.6 Å². The van der Waals surface area contributed by atoms with Gasteiger partial charge in [-0.05, 0) is 26.8 Å².